The first-order valence-electron chi connectivity index (χ1n) is 41.3. The highest BCUT2D eigenvalue weighted by atomic mass is 31.2. The largest absolute Gasteiger partial charge is 0.472 e. The number of rotatable bonds is 75. The molecule has 0 aliphatic heterocycles. The lowest BCUT2D eigenvalue weighted by Gasteiger charge is -2.21. The maximum atomic E-state index is 13.1. The lowest BCUT2D eigenvalue weighted by atomic mass is 10.1. The Labute approximate surface area is 665 Å². The molecule has 0 fully saturated rings. The molecule has 0 aromatic heterocycles. The number of allylic oxidation sites excluding steroid dienone is 34. The summed E-state index contributed by atoms with van der Waals surface area (Å²) in [6.07, 6.45) is 101. The van der Waals surface area contributed by atoms with Crippen molar-refractivity contribution in [1.29, 1.82) is 0 Å². The first kappa shape index (κ1) is 104. The van der Waals surface area contributed by atoms with Gasteiger partial charge in [0.25, 0.3) is 0 Å². The quantitative estimate of drug-likeness (QED) is 0.0169. The standard InChI is InChI=1S/C91H144O17P2/c1-5-9-13-17-21-25-29-33-36-39-42-45-48-52-55-59-63-67-71-75-88(93)101-81-86(107-90(95)77-73-69-65-61-57-51-32-28-24-20-16-12-8-4)83-105-109(97,98)103-79-85(92)80-104-110(99,100)106-84-87(108-91(96)78-74-70-66-62-58-54-50-47-44-41-38-35-31-27-23-19-15-11-7-3)82-102-89(94)76-72-68-64-60-56-53-49-46-43-40-37-34-30-26-22-18-14-10-6-2/h9-10,13-14,21-23,25-28,32-38,42-47,52-56,58,63,66-67,70,85-87,92H,5-8,11-12,15-20,24,29-31,39-41,48-51,57,59-62,64-65,68-69,71-84H2,1-4H3,(H,97,98)(H,99,100)/b13-9-,14-10-,25-21-,26-22-,27-23-,32-28-,36-33-,37-34-,38-35-,45-42-,46-43-,47-44-,55-52-,56-53-,58-54-,67-63-,70-66-/t85-,86-,87-/m1/s1. The number of carbonyl (C=O) groups is 4. The molecular weight excluding hydrogens is 1430 g/mol. The molecule has 3 N–H and O–H groups in total. The topological polar surface area (TPSA) is 237 Å². The van der Waals surface area contributed by atoms with Crippen LogP contribution in [0.5, 0.6) is 0 Å². The highest BCUT2D eigenvalue weighted by molar-refractivity contribution is 7.47. The van der Waals surface area contributed by atoms with Gasteiger partial charge >= 0.3 is 39.5 Å². The monoisotopic (exact) mass is 1570 g/mol. The molecule has 5 atom stereocenters. The molecule has 19 heteroatoms. The second-order valence-electron chi connectivity index (χ2n) is 26.6. The van der Waals surface area contributed by atoms with Crippen LogP contribution < -0.4 is 0 Å². The van der Waals surface area contributed by atoms with E-state index in [0.29, 0.717) is 38.5 Å². The van der Waals surface area contributed by atoms with Crippen molar-refractivity contribution in [3.8, 4) is 0 Å². The molecule has 0 aromatic rings. The van der Waals surface area contributed by atoms with Crippen LogP contribution in [0.1, 0.15) is 285 Å². The smallest absolute Gasteiger partial charge is 0.462 e. The van der Waals surface area contributed by atoms with Gasteiger partial charge in [-0.1, -0.05) is 292 Å². The van der Waals surface area contributed by atoms with Gasteiger partial charge in [-0.25, -0.2) is 9.13 Å². The normalized spacial score (nSPS) is 14.9. The minimum absolute atomic E-state index is 0.0248. The Morgan fingerprint density at radius 3 is 0.836 bits per heavy atom. The minimum atomic E-state index is -5.02. The number of phosphoric acid groups is 2. The molecule has 2 unspecified atom stereocenters. The number of esters is 4. The second kappa shape index (κ2) is 80.7. The molecule has 0 aliphatic carbocycles. The van der Waals surface area contributed by atoms with Crippen LogP contribution >= 0.6 is 15.6 Å². The molecule has 0 bridgehead atoms. The van der Waals surface area contributed by atoms with Gasteiger partial charge in [-0.05, 0) is 173 Å². The van der Waals surface area contributed by atoms with E-state index in [1.165, 1.54) is 44.9 Å². The average molecular weight is 1570 g/mol. The molecule has 0 aromatic carbocycles. The number of aliphatic hydroxyl groups is 1. The summed E-state index contributed by atoms with van der Waals surface area (Å²) in [6.45, 7) is 4.36. The summed E-state index contributed by atoms with van der Waals surface area (Å²) in [5.74, 6) is -2.44. The number of hydrogen-bond donors (Lipinski definition) is 3. The van der Waals surface area contributed by atoms with Crippen LogP contribution in [-0.2, 0) is 65.4 Å². The van der Waals surface area contributed by atoms with Crippen LogP contribution in [0.2, 0.25) is 0 Å². The van der Waals surface area contributed by atoms with Gasteiger partial charge in [-0.15, -0.1) is 0 Å². The van der Waals surface area contributed by atoms with Gasteiger partial charge in [0.1, 0.15) is 19.3 Å². The SMILES string of the molecule is CC/C=C\C/C=C\C/C=C\C/C=C\C/C=C\C/C=C\CCC(=O)OC[C@H](COP(=O)(O)OC[C@@H](O)COP(=O)(O)OC[C@@H](COC(=O)CCCCC/C=C\C/C=C\C/C=C\C/C=C\C/C=C\CC)OC(=O)CC/C=C\C/C=C\C/C=C\C/C=C\C/C=C\CCCCC)OC(=O)CCCCCCC/C=C\CCCCCC. The molecule has 620 valence electrons. The van der Waals surface area contributed by atoms with Crippen molar-refractivity contribution in [1.82, 2.24) is 0 Å². The van der Waals surface area contributed by atoms with E-state index >= 15 is 0 Å². The first-order chi connectivity index (χ1) is 53.7. The predicted octanol–water partition coefficient (Wildman–Crippen LogP) is 24.7. The predicted molar refractivity (Wildman–Crippen MR) is 454 cm³/mol. The van der Waals surface area contributed by atoms with E-state index in [9.17, 15) is 43.2 Å². The van der Waals surface area contributed by atoms with Crippen molar-refractivity contribution >= 4 is 39.5 Å². The van der Waals surface area contributed by atoms with Gasteiger partial charge in [0.05, 0.1) is 26.4 Å². The fraction of sp³-hybridized carbons (Fsp3) is 0.582. The minimum Gasteiger partial charge on any atom is -0.462 e. The molecule has 0 radical (unpaired) electrons. The Morgan fingerprint density at radius 1 is 0.264 bits per heavy atom. The van der Waals surface area contributed by atoms with E-state index in [1.807, 2.05) is 36.5 Å². The lowest BCUT2D eigenvalue weighted by molar-refractivity contribution is -0.161. The van der Waals surface area contributed by atoms with Gasteiger partial charge in [0, 0.05) is 25.7 Å². The Morgan fingerprint density at radius 2 is 0.491 bits per heavy atom. The Hall–Kier alpha value is -6.36. The number of carbonyl (C=O) groups excluding carboxylic acids is 4. The maximum absolute atomic E-state index is 13.1. The van der Waals surface area contributed by atoms with Gasteiger partial charge in [0.15, 0.2) is 12.2 Å². The molecule has 110 heavy (non-hydrogen) atoms. The maximum Gasteiger partial charge on any atom is 0.472 e. The lowest BCUT2D eigenvalue weighted by Crippen LogP contribution is -2.30. The molecule has 0 heterocycles. The zero-order chi connectivity index (χ0) is 80.3. The molecule has 0 rings (SSSR count). The number of hydrogen-bond acceptors (Lipinski definition) is 15. The third-order valence-corrected chi connectivity index (χ3v) is 18.1. The van der Waals surface area contributed by atoms with Crippen molar-refractivity contribution in [2.75, 3.05) is 39.6 Å². The van der Waals surface area contributed by atoms with Crippen LogP contribution in [-0.4, -0.2) is 96.7 Å². The van der Waals surface area contributed by atoms with Gasteiger partial charge in [-0.2, -0.15) is 0 Å². The van der Waals surface area contributed by atoms with Crippen LogP contribution in [0, 0.1) is 0 Å². The van der Waals surface area contributed by atoms with E-state index in [-0.39, 0.29) is 25.7 Å². The molecule has 0 amide bonds. The van der Waals surface area contributed by atoms with E-state index in [4.69, 9.17) is 37.0 Å². The van der Waals surface area contributed by atoms with E-state index < -0.39 is 97.5 Å². The molecular formula is C91H144O17P2. The Bertz CT molecular complexity index is 2900. The zero-order valence-electron chi connectivity index (χ0n) is 67.8. The van der Waals surface area contributed by atoms with Gasteiger partial charge in [0.2, 0.25) is 0 Å². The van der Waals surface area contributed by atoms with E-state index in [2.05, 4.69) is 198 Å². The highest BCUT2D eigenvalue weighted by Gasteiger charge is 2.30. The molecule has 0 spiro atoms. The Kier molecular flexibility index (Phi) is 76.0. The van der Waals surface area contributed by atoms with Crippen LogP contribution in [0.15, 0.2) is 207 Å². The second-order valence-corrected chi connectivity index (χ2v) is 29.5. The average Bonchev–Trinajstić information content (AvgIpc) is 0.942. The third-order valence-electron chi connectivity index (χ3n) is 16.2. The van der Waals surface area contributed by atoms with Crippen molar-refractivity contribution < 1.29 is 80.2 Å². The summed E-state index contributed by atoms with van der Waals surface area (Å²) < 4.78 is 68.5. The highest BCUT2D eigenvalue weighted by Crippen LogP contribution is 2.45. The van der Waals surface area contributed by atoms with Gasteiger partial charge < -0.3 is 33.8 Å². The van der Waals surface area contributed by atoms with Crippen molar-refractivity contribution in [3.63, 3.8) is 0 Å². The van der Waals surface area contributed by atoms with E-state index in [1.54, 1.807) is 0 Å². The summed E-state index contributed by atoms with van der Waals surface area (Å²) in [4.78, 5) is 73.1. The van der Waals surface area contributed by atoms with Crippen LogP contribution in [0.25, 0.3) is 0 Å². The summed E-state index contributed by atoms with van der Waals surface area (Å²) in [6, 6.07) is 0. The Balaban J connectivity index is 5.56. The number of aliphatic hydroxyl groups excluding tert-OH is 1. The van der Waals surface area contributed by atoms with Crippen LogP contribution in [0.4, 0.5) is 0 Å². The molecule has 0 aliphatic rings. The molecule has 0 saturated carbocycles. The molecule has 17 nitrogen and oxygen atoms in total. The fourth-order valence-corrected chi connectivity index (χ4v) is 11.6. The van der Waals surface area contributed by atoms with Crippen molar-refractivity contribution in [2.24, 2.45) is 0 Å². The number of ether oxygens (including phenoxy) is 4. The van der Waals surface area contributed by atoms with Crippen molar-refractivity contribution in [2.45, 2.75) is 303 Å². The summed E-state index contributed by atoms with van der Waals surface area (Å²) in [5, 5.41) is 10.7. The summed E-state index contributed by atoms with van der Waals surface area (Å²) in [5.41, 5.74) is 0. The van der Waals surface area contributed by atoms with Crippen molar-refractivity contribution in [3.05, 3.63) is 207 Å². The summed E-state index contributed by atoms with van der Waals surface area (Å²) in [7, 11) is -10.0. The number of unbranched alkanes of at least 4 members (excludes halogenated alkanes) is 15. The van der Waals surface area contributed by atoms with E-state index in [0.717, 1.165) is 148 Å². The van der Waals surface area contributed by atoms with Crippen LogP contribution in [0.3, 0.4) is 0 Å². The fourth-order valence-electron chi connectivity index (χ4n) is 10.0. The zero-order valence-corrected chi connectivity index (χ0v) is 69.6. The third kappa shape index (κ3) is 79.7. The van der Waals surface area contributed by atoms with Gasteiger partial charge in [-0.3, -0.25) is 37.3 Å². The number of phosphoric ester groups is 2. The molecule has 0 saturated heterocycles. The first-order valence-corrected chi connectivity index (χ1v) is 44.3. The summed E-state index contributed by atoms with van der Waals surface area (Å²) >= 11 is 0.